The monoisotopic (exact) mass is 460 g/mol. The molecule has 1 saturated carbocycles. The van der Waals surface area contributed by atoms with Crippen molar-refractivity contribution in [1.82, 2.24) is 9.62 Å². The van der Waals surface area contributed by atoms with E-state index < -0.39 is 28.1 Å². The summed E-state index contributed by atoms with van der Waals surface area (Å²) in [5.41, 5.74) is 0.521. The van der Waals surface area contributed by atoms with Gasteiger partial charge in [0.2, 0.25) is 10.0 Å². The first-order valence-electron chi connectivity index (χ1n) is 11.2. The number of nitrogens with one attached hydrogen (secondary N) is 1. The van der Waals surface area contributed by atoms with E-state index in [1.165, 1.54) is 43.5 Å². The third-order valence-electron chi connectivity index (χ3n) is 6.26. The molecule has 1 unspecified atom stereocenters. The Morgan fingerprint density at radius 2 is 1.42 bits per heavy atom. The highest BCUT2D eigenvalue weighted by molar-refractivity contribution is 7.89. The van der Waals surface area contributed by atoms with E-state index in [-0.39, 0.29) is 17.5 Å². The van der Waals surface area contributed by atoms with Crippen LogP contribution in [0.5, 0.6) is 0 Å². The summed E-state index contributed by atoms with van der Waals surface area (Å²) < 4.78 is 67.1. The minimum Gasteiger partial charge on any atom is -0.328 e. The molecule has 2 fully saturated rings. The fourth-order valence-corrected chi connectivity index (χ4v) is 5.91. The molecule has 1 aromatic carbocycles. The van der Waals surface area contributed by atoms with Gasteiger partial charge in [-0.2, -0.15) is 13.2 Å². The van der Waals surface area contributed by atoms with Crippen molar-refractivity contribution < 1.29 is 26.4 Å². The second-order valence-electron chi connectivity index (χ2n) is 8.59. The topological polar surface area (TPSA) is 66.5 Å². The number of hydrogen-bond acceptors (Lipinski definition) is 3. The van der Waals surface area contributed by atoms with Crippen LogP contribution < -0.4 is 4.72 Å². The Kier molecular flexibility index (Phi) is 8.02. The molecule has 1 heterocycles. The van der Waals surface area contributed by atoms with Crippen molar-refractivity contribution in [2.24, 2.45) is 0 Å². The molecule has 1 aliphatic carbocycles. The molecule has 5 nitrogen and oxygen atoms in total. The van der Waals surface area contributed by atoms with E-state index in [1.54, 1.807) is 0 Å². The molecule has 2 aliphatic rings. The van der Waals surface area contributed by atoms with Crippen LogP contribution in [-0.2, 0) is 14.8 Å². The highest BCUT2D eigenvalue weighted by Gasteiger charge is 2.46. The molecule has 1 atom stereocenters. The molecule has 1 N–H and O–H groups in total. The first-order valence-corrected chi connectivity index (χ1v) is 12.7. The second-order valence-corrected chi connectivity index (χ2v) is 10.3. The zero-order valence-electron chi connectivity index (χ0n) is 17.7. The van der Waals surface area contributed by atoms with Gasteiger partial charge in [0.1, 0.15) is 0 Å². The summed E-state index contributed by atoms with van der Waals surface area (Å²) in [4.78, 5) is 12.6. The van der Waals surface area contributed by atoms with E-state index >= 15 is 0 Å². The van der Waals surface area contributed by atoms with Gasteiger partial charge in [-0.25, -0.2) is 13.1 Å². The normalized spacial score (nSPS) is 22.4. The Bertz CT molecular complexity index is 831. The average Bonchev–Trinajstić information content (AvgIpc) is 3.21. The lowest BCUT2D eigenvalue weighted by atomic mass is 9.98. The number of sulfonamides is 1. The van der Waals surface area contributed by atoms with Crippen LogP contribution in [0.15, 0.2) is 29.2 Å². The van der Waals surface area contributed by atoms with Crippen LogP contribution in [-0.4, -0.2) is 38.0 Å². The predicted molar refractivity (Wildman–Crippen MR) is 112 cm³/mol. The molecule has 31 heavy (non-hydrogen) atoms. The van der Waals surface area contributed by atoms with Crippen molar-refractivity contribution >= 4 is 15.9 Å². The van der Waals surface area contributed by atoms with Crippen LogP contribution >= 0.6 is 0 Å². The van der Waals surface area contributed by atoms with Crippen LogP contribution in [0.3, 0.4) is 0 Å². The van der Waals surface area contributed by atoms with Crippen LogP contribution in [0.1, 0.15) is 82.2 Å². The summed E-state index contributed by atoms with van der Waals surface area (Å²) in [6, 6.07) is 5.11. The molecular weight excluding hydrogens is 429 g/mol. The Balaban J connectivity index is 1.68. The number of halogens is 3. The molecule has 1 aromatic rings. The number of amides is 1. The van der Waals surface area contributed by atoms with Crippen molar-refractivity contribution in [3.8, 4) is 0 Å². The first kappa shape index (κ1) is 24.0. The van der Waals surface area contributed by atoms with E-state index in [1.807, 2.05) is 0 Å². The molecule has 174 valence electrons. The number of nitrogens with zero attached hydrogens (tertiary/aromatic N) is 1. The molecule has 1 amide bonds. The summed E-state index contributed by atoms with van der Waals surface area (Å²) in [6.07, 6.45) is 5.47. The standard InChI is InChI=1S/C22H31F3N2O3S/c23-22(24,25)21(28)27-16-8-11-20(27)17-12-14-19(15-13-17)31(29,30)26-18-9-6-4-2-1-3-5-7-10-18/h12-15,18,20,26H,1-11,16H2. The zero-order chi connectivity index (χ0) is 22.5. The lowest BCUT2D eigenvalue weighted by Crippen LogP contribution is -2.40. The minimum atomic E-state index is -4.91. The fourth-order valence-electron chi connectivity index (χ4n) is 4.60. The van der Waals surface area contributed by atoms with E-state index in [2.05, 4.69) is 4.72 Å². The highest BCUT2D eigenvalue weighted by atomic mass is 32.2. The molecule has 0 radical (unpaired) electrons. The number of likely N-dealkylation sites (tertiary alicyclic amines) is 1. The molecule has 0 aromatic heterocycles. The Morgan fingerprint density at radius 1 is 0.871 bits per heavy atom. The summed E-state index contributed by atoms with van der Waals surface area (Å²) in [5, 5.41) is 0. The average molecular weight is 461 g/mol. The Labute approximate surface area is 182 Å². The summed E-state index contributed by atoms with van der Waals surface area (Å²) in [6.45, 7) is 0.0479. The maximum atomic E-state index is 12.9. The van der Waals surface area contributed by atoms with Crippen molar-refractivity contribution in [2.45, 2.75) is 93.8 Å². The van der Waals surface area contributed by atoms with Gasteiger partial charge in [-0.3, -0.25) is 4.79 Å². The Morgan fingerprint density at radius 3 is 1.97 bits per heavy atom. The van der Waals surface area contributed by atoms with Crippen molar-refractivity contribution in [3.05, 3.63) is 29.8 Å². The maximum Gasteiger partial charge on any atom is 0.471 e. The van der Waals surface area contributed by atoms with E-state index in [0.29, 0.717) is 18.4 Å². The zero-order valence-corrected chi connectivity index (χ0v) is 18.5. The van der Waals surface area contributed by atoms with Gasteiger partial charge in [0.25, 0.3) is 0 Å². The molecule has 3 rings (SSSR count). The van der Waals surface area contributed by atoms with Gasteiger partial charge >= 0.3 is 12.1 Å². The lowest BCUT2D eigenvalue weighted by molar-refractivity contribution is -0.186. The molecule has 9 heteroatoms. The molecule has 1 aliphatic heterocycles. The molecule has 0 bridgehead atoms. The van der Waals surface area contributed by atoms with Crippen molar-refractivity contribution in [2.75, 3.05) is 6.54 Å². The van der Waals surface area contributed by atoms with Gasteiger partial charge in [-0.1, -0.05) is 57.1 Å². The predicted octanol–water partition coefficient (Wildman–Crippen LogP) is 5.08. The highest BCUT2D eigenvalue weighted by Crippen LogP contribution is 2.35. The number of carbonyl (C=O) groups excluding carboxylic acids is 1. The third kappa shape index (κ3) is 6.44. The molecule has 0 spiro atoms. The van der Waals surface area contributed by atoms with Gasteiger partial charge in [-0.05, 0) is 43.4 Å². The SMILES string of the molecule is O=C(N1CCCC1c1ccc(S(=O)(=O)NC2CCCCCCCCC2)cc1)C(F)(F)F. The van der Waals surface area contributed by atoms with Crippen molar-refractivity contribution in [3.63, 3.8) is 0 Å². The number of alkyl halides is 3. The first-order chi connectivity index (χ1) is 14.7. The van der Waals surface area contributed by atoms with Crippen LogP contribution in [0.25, 0.3) is 0 Å². The Hall–Kier alpha value is -1.61. The lowest BCUT2D eigenvalue weighted by Gasteiger charge is -2.26. The molecular formula is C22H31F3N2O3S. The maximum absolute atomic E-state index is 12.9. The van der Waals surface area contributed by atoms with Crippen LogP contribution in [0.4, 0.5) is 13.2 Å². The second kappa shape index (κ2) is 10.3. The number of hydrogen-bond donors (Lipinski definition) is 1. The van der Waals surface area contributed by atoms with Gasteiger partial charge < -0.3 is 4.90 Å². The largest absolute Gasteiger partial charge is 0.471 e. The van der Waals surface area contributed by atoms with Crippen LogP contribution in [0.2, 0.25) is 0 Å². The minimum absolute atomic E-state index is 0.0479. The quantitative estimate of drug-likeness (QED) is 0.681. The summed E-state index contributed by atoms with van der Waals surface area (Å²) in [7, 11) is -3.71. The van der Waals surface area contributed by atoms with Gasteiger partial charge in [-0.15, -0.1) is 0 Å². The smallest absolute Gasteiger partial charge is 0.328 e. The number of rotatable bonds is 4. The van der Waals surface area contributed by atoms with Crippen molar-refractivity contribution in [1.29, 1.82) is 0 Å². The number of benzene rings is 1. The fraction of sp³-hybridized carbons (Fsp3) is 0.682. The van der Waals surface area contributed by atoms with Gasteiger partial charge in [0.05, 0.1) is 10.9 Å². The van der Waals surface area contributed by atoms with Gasteiger partial charge in [0, 0.05) is 12.6 Å². The van der Waals surface area contributed by atoms with E-state index in [9.17, 15) is 26.4 Å². The third-order valence-corrected chi connectivity index (χ3v) is 7.79. The van der Waals surface area contributed by atoms with E-state index in [4.69, 9.17) is 0 Å². The number of carbonyl (C=O) groups is 1. The van der Waals surface area contributed by atoms with E-state index in [0.717, 1.165) is 43.4 Å². The van der Waals surface area contributed by atoms with Gasteiger partial charge in [0.15, 0.2) is 0 Å². The summed E-state index contributed by atoms with van der Waals surface area (Å²) >= 11 is 0. The van der Waals surface area contributed by atoms with Crippen LogP contribution in [0, 0.1) is 0 Å². The molecule has 1 saturated heterocycles. The summed E-state index contributed by atoms with van der Waals surface area (Å²) in [5.74, 6) is -1.84.